The summed E-state index contributed by atoms with van der Waals surface area (Å²) in [7, 11) is 0. The van der Waals surface area contributed by atoms with Crippen LogP contribution in [0.15, 0.2) is 0 Å². The Balaban J connectivity index is 1.50. The zero-order valence-electron chi connectivity index (χ0n) is 12.9. The first-order valence-corrected chi connectivity index (χ1v) is 8.62. The predicted molar refractivity (Wildman–Crippen MR) is 84.6 cm³/mol. The van der Waals surface area contributed by atoms with Crippen molar-refractivity contribution < 1.29 is 0 Å². The van der Waals surface area contributed by atoms with Crippen LogP contribution in [0, 0.1) is 5.92 Å². The third-order valence-corrected chi connectivity index (χ3v) is 5.02. The van der Waals surface area contributed by atoms with E-state index in [1.807, 2.05) is 0 Å². The minimum atomic E-state index is 0.0545. The Morgan fingerprint density at radius 1 is 1.20 bits per heavy atom. The smallest absolute Gasteiger partial charge is 0.205 e. The summed E-state index contributed by atoms with van der Waals surface area (Å²) in [6.07, 6.45) is 5.34. The lowest BCUT2D eigenvalue weighted by atomic mass is 9.96. The van der Waals surface area contributed by atoms with Gasteiger partial charge in [-0.05, 0) is 38.1 Å². The van der Waals surface area contributed by atoms with Crippen molar-refractivity contribution >= 4 is 16.7 Å². The molecule has 1 saturated carbocycles. The van der Waals surface area contributed by atoms with E-state index in [4.69, 9.17) is 4.98 Å². The minimum absolute atomic E-state index is 0.0545. The molecule has 1 N–H and O–H groups in total. The molecule has 1 aromatic heterocycles. The van der Waals surface area contributed by atoms with Crippen molar-refractivity contribution in [3.63, 3.8) is 0 Å². The van der Waals surface area contributed by atoms with Crippen molar-refractivity contribution in [1.82, 2.24) is 14.7 Å². The van der Waals surface area contributed by atoms with Crippen LogP contribution in [0.5, 0.6) is 0 Å². The molecule has 0 aromatic carbocycles. The third-order valence-electron chi connectivity index (χ3n) is 4.24. The van der Waals surface area contributed by atoms with Gasteiger partial charge in [-0.3, -0.25) is 0 Å². The summed E-state index contributed by atoms with van der Waals surface area (Å²) in [5, 5.41) is 4.83. The minimum Gasteiger partial charge on any atom is -0.347 e. The van der Waals surface area contributed by atoms with Gasteiger partial charge in [0.25, 0.3) is 0 Å². The Morgan fingerprint density at radius 2 is 1.90 bits per heavy atom. The lowest BCUT2D eigenvalue weighted by Crippen LogP contribution is -2.43. The van der Waals surface area contributed by atoms with Crippen LogP contribution in [0.2, 0.25) is 0 Å². The van der Waals surface area contributed by atoms with Crippen LogP contribution in [0.4, 0.5) is 5.13 Å². The number of hydrogen-bond acceptors (Lipinski definition) is 5. The van der Waals surface area contributed by atoms with Gasteiger partial charge in [0.1, 0.15) is 5.82 Å². The molecule has 3 rings (SSSR count). The van der Waals surface area contributed by atoms with Crippen LogP contribution in [-0.4, -0.2) is 35.0 Å². The topological polar surface area (TPSA) is 41.1 Å². The fourth-order valence-electron chi connectivity index (χ4n) is 2.58. The first-order valence-electron chi connectivity index (χ1n) is 7.85. The molecule has 0 bridgehead atoms. The molecule has 0 spiro atoms. The Kier molecular flexibility index (Phi) is 4.00. The van der Waals surface area contributed by atoms with E-state index in [2.05, 4.69) is 35.4 Å². The molecule has 0 radical (unpaired) electrons. The molecule has 0 amide bonds. The maximum absolute atomic E-state index is 4.73. The van der Waals surface area contributed by atoms with Crippen molar-refractivity contribution in [2.75, 3.05) is 24.5 Å². The lowest BCUT2D eigenvalue weighted by Gasteiger charge is -2.32. The molecule has 0 atom stereocenters. The summed E-state index contributed by atoms with van der Waals surface area (Å²) in [6, 6.07) is 0.710. The Hall–Kier alpha value is -0.680. The molecule has 20 heavy (non-hydrogen) atoms. The summed E-state index contributed by atoms with van der Waals surface area (Å²) in [6.45, 7) is 9.98. The van der Waals surface area contributed by atoms with Crippen LogP contribution in [-0.2, 0) is 5.41 Å². The highest BCUT2D eigenvalue weighted by atomic mass is 32.1. The third kappa shape index (κ3) is 3.50. The van der Waals surface area contributed by atoms with E-state index >= 15 is 0 Å². The molecule has 5 heteroatoms. The van der Waals surface area contributed by atoms with Crippen molar-refractivity contribution in [2.24, 2.45) is 5.92 Å². The van der Waals surface area contributed by atoms with E-state index in [1.165, 1.54) is 32.2 Å². The lowest BCUT2D eigenvalue weighted by molar-refractivity contribution is 0.408. The van der Waals surface area contributed by atoms with Crippen LogP contribution < -0.4 is 10.2 Å². The maximum atomic E-state index is 4.73. The highest BCUT2D eigenvalue weighted by Crippen LogP contribution is 2.29. The van der Waals surface area contributed by atoms with Gasteiger partial charge in [-0.2, -0.15) is 4.37 Å². The van der Waals surface area contributed by atoms with Crippen LogP contribution in [0.3, 0.4) is 0 Å². The molecule has 1 aliphatic carbocycles. The van der Waals surface area contributed by atoms with E-state index in [0.717, 1.165) is 30.0 Å². The zero-order chi connectivity index (χ0) is 14.2. The zero-order valence-corrected chi connectivity index (χ0v) is 13.7. The summed E-state index contributed by atoms with van der Waals surface area (Å²) >= 11 is 1.56. The molecule has 2 heterocycles. The molecule has 1 aliphatic heterocycles. The molecule has 2 aliphatic rings. The number of nitrogens with one attached hydrogen (secondary N) is 1. The van der Waals surface area contributed by atoms with Gasteiger partial charge >= 0.3 is 0 Å². The van der Waals surface area contributed by atoms with Crippen LogP contribution in [0.1, 0.15) is 52.3 Å². The van der Waals surface area contributed by atoms with E-state index in [0.29, 0.717) is 6.04 Å². The highest BCUT2D eigenvalue weighted by Gasteiger charge is 2.26. The first kappa shape index (κ1) is 14.3. The first-order chi connectivity index (χ1) is 9.52. The largest absolute Gasteiger partial charge is 0.347 e. The number of nitrogens with zero attached hydrogens (tertiary/aromatic N) is 3. The normalized spacial score (nSPS) is 21.4. The molecule has 2 fully saturated rings. The molecule has 0 unspecified atom stereocenters. The van der Waals surface area contributed by atoms with E-state index in [-0.39, 0.29) is 5.41 Å². The summed E-state index contributed by atoms with van der Waals surface area (Å²) < 4.78 is 4.52. The number of rotatable bonds is 4. The average molecular weight is 294 g/mol. The Morgan fingerprint density at radius 3 is 2.45 bits per heavy atom. The number of aromatic nitrogens is 2. The Labute approximate surface area is 126 Å². The summed E-state index contributed by atoms with van der Waals surface area (Å²) in [5.74, 6) is 1.96. The van der Waals surface area contributed by atoms with Gasteiger partial charge < -0.3 is 10.2 Å². The average Bonchev–Trinajstić information content (AvgIpc) is 3.09. The summed E-state index contributed by atoms with van der Waals surface area (Å²) in [5.41, 5.74) is 0.0545. The number of anilines is 1. The highest BCUT2D eigenvalue weighted by molar-refractivity contribution is 7.09. The standard InChI is InChI=1S/C15H26N4S/c1-15(2,3)13-17-14(20-18-13)19-8-6-12(7-9-19)16-10-11-4-5-11/h11-12,16H,4-10H2,1-3H3. The molecule has 1 aromatic rings. The SMILES string of the molecule is CC(C)(C)c1nsc(N2CCC(NCC3CC3)CC2)n1. The van der Waals surface area contributed by atoms with E-state index < -0.39 is 0 Å². The quantitative estimate of drug-likeness (QED) is 0.927. The molecule has 4 nitrogen and oxygen atoms in total. The van der Waals surface area contributed by atoms with Crippen molar-refractivity contribution in [1.29, 1.82) is 0 Å². The fourth-order valence-corrected chi connectivity index (χ4v) is 3.49. The fraction of sp³-hybridized carbons (Fsp3) is 0.867. The number of piperidine rings is 1. The monoisotopic (exact) mass is 294 g/mol. The van der Waals surface area contributed by atoms with Crippen molar-refractivity contribution in [2.45, 2.75) is 57.9 Å². The van der Waals surface area contributed by atoms with Gasteiger partial charge in [-0.25, -0.2) is 4.98 Å². The van der Waals surface area contributed by atoms with Crippen molar-refractivity contribution in [3.05, 3.63) is 5.82 Å². The van der Waals surface area contributed by atoms with Gasteiger partial charge in [0.05, 0.1) is 0 Å². The molecular formula is C15H26N4S. The van der Waals surface area contributed by atoms with E-state index in [1.54, 1.807) is 11.5 Å². The van der Waals surface area contributed by atoms with E-state index in [9.17, 15) is 0 Å². The van der Waals surface area contributed by atoms with Gasteiger partial charge in [0.15, 0.2) is 0 Å². The molecule has 112 valence electrons. The predicted octanol–water partition coefficient (Wildman–Crippen LogP) is 2.80. The Bertz CT molecular complexity index is 439. The number of hydrogen-bond donors (Lipinski definition) is 1. The van der Waals surface area contributed by atoms with Crippen LogP contribution >= 0.6 is 11.5 Å². The summed E-state index contributed by atoms with van der Waals surface area (Å²) in [4.78, 5) is 7.13. The van der Waals surface area contributed by atoms with Gasteiger partial charge in [0, 0.05) is 36.1 Å². The molecule has 1 saturated heterocycles. The second-order valence-corrected chi connectivity index (χ2v) is 7.99. The van der Waals surface area contributed by atoms with Gasteiger partial charge in [0.2, 0.25) is 5.13 Å². The van der Waals surface area contributed by atoms with Gasteiger partial charge in [-0.1, -0.05) is 20.8 Å². The second kappa shape index (κ2) is 5.60. The second-order valence-electron chi connectivity index (χ2n) is 7.26. The van der Waals surface area contributed by atoms with Crippen LogP contribution in [0.25, 0.3) is 0 Å². The van der Waals surface area contributed by atoms with Crippen molar-refractivity contribution in [3.8, 4) is 0 Å². The molecular weight excluding hydrogens is 268 g/mol. The van der Waals surface area contributed by atoms with Gasteiger partial charge in [-0.15, -0.1) is 0 Å². The maximum Gasteiger partial charge on any atom is 0.205 e.